The highest BCUT2D eigenvalue weighted by Gasteiger charge is 2.37. The molecule has 4 rings (SSSR count). The van der Waals surface area contributed by atoms with Crippen molar-refractivity contribution in [3.63, 3.8) is 0 Å². The summed E-state index contributed by atoms with van der Waals surface area (Å²) in [5.74, 6) is -0.912. The van der Waals surface area contributed by atoms with Crippen molar-refractivity contribution in [1.82, 2.24) is 19.8 Å². The summed E-state index contributed by atoms with van der Waals surface area (Å²) in [6.07, 6.45) is -2.29. The smallest absolute Gasteiger partial charge is 0.422 e. The lowest BCUT2D eigenvalue weighted by Gasteiger charge is -2.18. The van der Waals surface area contributed by atoms with Gasteiger partial charge in [0.2, 0.25) is 11.8 Å². The van der Waals surface area contributed by atoms with Gasteiger partial charge < -0.3 is 24.2 Å². The highest BCUT2D eigenvalue weighted by Crippen LogP contribution is 2.29. The average molecular weight is 493 g/mol. The molecule has 0 N–H and O–H groups in total. The molecule has 0 spiro atoms. The number of hydrogen-bond acceptors (Lipinski definition) is 7. The van der Waals surface area contributed by atoms with Gasteiger partial charge in [0, 0.05) is 33.1 Å². The van der Waals surface area contributed by atoms with Gasteiger partial charge in [-0.1, -0.05) is 0 Å². The van der Waals surface area contributed by atoms with Crippen LogP contribution in [0.3, 0.4) is 0 Å². The predicted octanol–water partition coefficient (Wildman–Crippen LogP) is 1.65. The summed E-state index contributed by atoms with van der Waals surface area (Å²) in [6, 6.07) is 4.17. The fourth-order valence-electron chi connectivity index (χ4n) is 3.66. The molecule has 2 aliphatic heterocycles. The van der Waals surface area contributed by atoms with Crippen LogP contribution in [0.15, 0.2) is 30.6 Å². The maximum Gasteiger partial charge on any atom is 0.422 e. The van der Waals surface area contributed by atoms with Crippen LogP contribution in [-0.4, -0.2) is 83.6 Å². The van der Waals surface area contributed by atoms with Crippen LogP contribution >= 0.6 is 0 Å². The average Bonchev–Trinajstić information content (AvgIpc) is 3.32. The van der Waals surface area contributed by atoms with Gasteiger partial charge in [0.1, 0.15) is 12.3 Å². The maximum atomic E-state index is 12.9. The molecule has 186 valence electrons. The molecule has 0 saturated carbocycles. The molecule has 13 heteroatoms. The molecule has 4 heterocycles. The molecule has 0 bridgehead atoms. The molecule has 0 aliphatic carbocycles. The number of hydrogen-bond donors (Lipinski definition) is 0. The molecule has 10 nitrogen and oxygen atoms in total. The summed E-state index contributed by atoms with van der Waals surface area (Å²) in [4.78, 5) is 50.0. The summed E-state index contributed by atoms with van der Waals surface area (Å²) >= 11 is 0. The summed E-state index contributed by atoms with van der Waals surface area (Å²) < 4.78 is 46.9. The number of nitrogens with zero attached hydrogens (tertiary/aromatic N) is 5. The normalized spacial score (nSPS) is 17.6. The monoisotopic (exact) mass is 493 g/mol. The first-order valence-electron chi connectivity index (χ1n) is 10.6. The summed E-state index contributed by atoms with van der Waals surface area (Å²) in [6.45, 7) is -0.994. The molecule has 0 radical (unpaired) electrons. The Morgan fingerprint density at radius 2 is 1.97 bits per heavy atom. The van der Waals surface area contributed by atoms with E-state index in [0.29, 0.717) is 29.9 Å². The minimum Gasteiger partial charge on any atom is -0.479 e. The van der Waals surface area contributed by atoms with Crippen LogP contribution in [0.1, 0.15) is 22.5 Å². The zero-order valence-corrected chi connectivity index (χ0v) is 18.9. The summed E-state index contributed by atoms with van der Waals surface area (Å²) in [5.41, 5.74) is 1.30. The van der Waals surface area contributed by atoms with Crippen molar-refractivity contribution in [2.75, 3.05) is 38.7 Å². The number of fused-ring (bicyclic) bond motifs is 1. The third-order valence-electron chi connectivity index (χ3n) is 5.48. The zero-order chi connectivity index (χ0) is 25.3. The zero-order valence-electron chi connectivity index (χ0n) is 18.9. The third kappa shape index (κ3) is 5.44. The maximum absolute atomic E-state index is 12.9. The Balaban J connectivity index is 1.39. The van der Waals surface area contributed by atoms with Gasteiger partial charge in [0.05, 0.1) is 35.9 Å². The second-order valence-electron chi connectivity index (χ2n) is 8.26. The van der Waals surface area contributed by atoms with E-state index in [-0.39, 0.29) is 42.4 Å². The lowest BCUT2D eigenvalue weighted by atomic mass is 10.2. The molecule has 1 saturated heterocycles. The Morgan fingerprint density at radius 1 is 1.20 bits per heavy atom. The number of rotatable bonds is 7. The van der Waals surface area contributed by atoms with Crippen molar-refractivity contribution in [2.45, 2.75) is 25.2 Å². The molecule has 1 atom stereocenters. The third-order valence-corrected chi connectivity index (χ3v) is 5.48. The van der Waals surface area contributed by atoms with E-state index in [1.807, 2.05) is 0 Å². The van der Waals surface area contributed by atoms with Crippen molar-refractivity contribution in [3.8, 4) is 11.6 Å². The van der Waals surface area contributed by atoms with E-state index in [2.05, 4.69) is 14.7 Å². The fourth-order valence-corrected chi connectivity index (χ4v) is 3.66. The first kappa shape index (κ1) is 24.2. The van der Waals surface area contributed by atoms with Crippen molar-refractivity contribution in [2.24, 2.45) is 0 Å². The molecular weight excluding hydrogens is 471 g/mol. The van der Waals surface area contributed by atoms with Crippen molar-refractivity contribution in [3.05, 3.63) is 41.9 Å². The fraction of sp³-hybridized carbons (Fsp3) is 0.409. The van der Waals surface area contributed by atoms with Gasteiger partial charge >= 0.3 is 6.18 Å². The van der Waals surface area contributed by atoms with Crippen molar-refractivity contribution >= 4 is 23.4 Å². The van der Waals surface area contributed by atoms with Crippen LogP contribution in [-0.2, 0) is 16.1 Å². The predicted molar refractivity (Wildman–Crippen MR) is 115 cm³/mol. The van der Waals surface area contributed by atoms with Crippen LogP contribution in [0.5, 0.6) is 11.6 Å². The Morgan fingerprint density at radius 3 is 2.63 bits per heavy atom. The second kappa shape index (κ2) is 9.39. The molecule has 0 aromatic carbocycles. The Labute approximate surface area is 198 Å². The molecule has 3 amide bonds. The minimum atomic E-state index is -4.48. The van der Waals surface area contributed by atoms with Gasteiger partial charge in [-0.2, -0.15) is 13.2 Å². The van der Waals surface area contributed by atoms with Gasteiger partial charge in [-0.25, -0.2) is 4.98 Å². The minimum absolute atomic E-state index is 0.0653. The van der Waals surface area contributed by atoms with Crippen LogP contribution in [0, 0.1) is 0 Å². The number of halogens is 3. The molecule has 2 aliphatic rings. The number of carbonyl (C=O) groups excluding carboxylic acids is 3. The molecule has 0 unspecified atom stereocenters. The van der Waals surface area contributed by atoms with Gasteiger partial charge in [-0.3, -0.25) is 19.4 Å². The summed E-state index contributed by atoms with van der Waals surface area (Å²) in [5, 5.41) is 0. The second-order valence-corrected chi connectivity index (χ2v) is 8.26. The van der Waals surface area contributed by atoms with Crippen LogP contribution in [0.2, 0.25) is 0 Å². The standard InChI is InChI=1S/C22H22F3N5O5/c1-28(2)19(31)11-29-10-16-15(20(29)32)7-13(8-26-16)30-6-5-17(21(30)33)35-14-3-4-18(27-9-14)34-12-22(23,24)25/h3-4,7-9,17H,5-6,10-12H2,1-2H3/t17-/m1/s1. The van der Waals surface area contributed by atoms with Crippen LogP contribution in [0.4, 0.5) is 18.9 Å². The largest absolute Gasteiger partial charge is 0.479 e. The van der Waals surface area contributed by atoms with Crippen molar-refractivity contribution < 1.29 is 37.0 Å². The lowest BCUT2D eigenvalue weighted by Crippen LogP contribution is -2.36. The van der Waals surface area contributed by atoms with Crippen LogP contribution in [0.25, 0.3) is 0 Å². The number of alkyl halides is 3. The SMILES string of the molecule is CN(C)C(=O)CN1Cc2ncc(N3CC[C@@H](Oc4ccc(OCC(F)(F)F)nc4)C3=O)cc2C1=O. The number of carbonyl (C=O) groups is 3. The van der Waals surface area contributed by atoms with Gasteiger partial charge in [-0.15, -0.1) is 0 Å². The van der Waals surface area contributed by atoms with E-state index in [1.54, 1.807) is 20.2 Å². The van der Waals surface area contributed by atoms with Gasteiger partial charge in [0.25, 0.3) is 11.8 Å². The Hall–Kier alpha value is -3.90. The molecule has 2 aromatic heterocycles. The first-order valence-corrected chi connectivity index (χ1v) is 10.6. The van der Waals surface area contributed by atoms with Crippen molar-refractivity contribution in [1.29, 1.82) is 0 Å². The number of ether oxygens (including phenoxy) is 2. The first-order chi connectivity index (χ1) is 16.5. The van der Waals surface area contributed by atoms with Gasteiger partial charge in [0.15, 0.2) is 12.7 Å². The molecule has 2 aromatic rings. The topological polar surface area (TPSA) is 105 Å². The molecule has 1 fully saturated rings. The van der Waals surface area contributed by atoms with E-state index in [4.69, 9.17) is 4.74 Å². The number of likely N-dealkylation sites (N-methyl/N-ethyl adjacent to an activating group) is 1. The molecular formula is C22H22F3N5O5. The lowest BCUT2D eigenvalue weighted by molar-refractivity contribution is -0.154. The quantitative estimate of drug-likeness (QED) is 0.578. The number of aromatic nitrogens is 2. The summed E-state index contributed by atoms with van der Waals surface area (Å²) in [7, 11) is 3.21. The number of pyridine rings is 2. The highest BCUT2D eigenvalue weighted by atomic mass is 19.4. The van der Waals surface area contributed by atoms with E-state index >= 15 is 0 Å². The van der Waals surface area contributed by atoms with E-state index in [1.165, 1.54) is 39.2 Å². The highest BCUT2D eigenvalue weighted by molar-refractivity contribution is 6.03. The Kier molecular flexibility index (Phi) is 6.50. The number of amides is 3. The van der Waals surface area contributed by atoms with E-state index < -0.39 is 18.9 Å². The number of anilines is 1. The molecule has 35 heavy (non-hydrogen) atoms. The van der Waals surface area contributed by atoms with Gasteiger partial charge in [-0.05, 0) is 12.1 Å². The van der Waals surface area contributed by atoms with Crippen LogP contribution < -0.4 is 14.4 Å². The van der Waals surface area contributed by atoms with E-state index in [9.17, 15) is 27.6 Å². The Bertz CT molecular complexity index is 1140. The van der Waals surface area contributed by atoms with E-state index in [0.717, 1.165) is 0 Å².